The van der Waals surface area contributed by atoms with Crippen LogP contribution in [0.4, 0.5) is 4.79 Å². The summed E-state index contributed by atoms with van der Waals surface area (Å²) in [7, 11) is 0. The van der Waals surface area contributed by atoms with Gasteiger partial charge in [-0.25, -0.2) is 10.2 Å². The number of hydrogen-bond acceptors (Lipinski definition) is 4. The predicted octanol–water partition coefficient (Wildman–Crippen LogP) is 1.51. The van der Waals surface area contributed by atoms with Gasteiger partial charge in [-0.1, -0.05) is 20.8 Å². The third-order valence-corrected chi connectivity index (χ3v) is 1.83. The van der Waals surface area contributed by atoms with E-state index in [0.717, 1.165) is 0 Å². The van der Waals surface area contributed by atoms with Crippen molar-refractivity contribution < 1.29 is 19.4 Å². The molecule has 17 heavy (non-hydrogen) atoms. The molecule has 0 bridgehead atoms. The maximum Gasteiger partial charge on any atom is 0.422 e. The minimum Gasteiger partial charge on any atom is -0.480 e. The van der Waals surface area contributed by atoms with Gasteiger partial charge in [0.05, 0.1) is 0 Å². The molecule has 0 aliphatic rings. The minimum absolute atomic E-state index is 0.527. The van der Waals surface area contributed by atoms with Crippen LogP contribution in [-0.2, 0) is 9.53 Å². The molecule has 0 rings (SSSR count). The van der Waals surface area contributed by atoms with Crippen molar-refractivity contribution in [3.63, 3.8) is 0 Å². The second-order valence-electron chi connectivity index (χ2n) is 5.91. The predicted molar refractivity (Wildman–Crippen MR) is 63.4 cm³/mol. The summed E-state index contributed by atoms with van der Waals surface area (Å²) in [5, 5.41) is 9.00. The van der Waals surface area contributed by atoms with Gasteiger partial charge in [-0.15, -0.1) is 0 Å². The number of rotatable bonds is 3. The van der Waals surface area contributed by atoms with Crippen LogP contribution < -0.4 is 10.9 Å². The van der Waals surface area contributed by atoms with E-state index in [9.17, 15) is 9.59 Å². The lowest BCUT2D eigenvalue weighted by Crippen LogP contribution is -2.54. The standard InChI is InChI=1S/C11H22N2O4/c1-10(2,3)7(8(14)15)12-13-9(16)17-11(4,5)6/h7,12H,1-6H3,(H,13,16)(H,14,15). The van der Waals surface area contributed by atoms with E-state index in [1.54, 1.807) is 41.5 Å². The third kappa shape index (κ3) is 6.78. The monoisotopic (exact) mass is 246 g/mol. The topological polar surface area (TPSA) is 87.7 Å². The number of carboxylic acids is 1. The number of carbonyl (C=O) groups is 2. The fraction of sp³-hybridized carbons (Fsp3) is 0.818. The number of hydrazine groups is 1. The normalized spacial score (nSPS) is 14.0. The molecule has 0 aromatic heterocycles. The van der Waals surface area contributed by atoms with Gasteiger partial charge in [0.2, 0.25) is 0 Å². The van der Waals surface area contributed by atoms with Crippen LogP contribution in [0.2, 0.25) is 0 Å². The van der Waals surface area contributed by atoms with Crippen LogP contribution in [0.1, 0.15) is 41.5 Å². The zero-order valence-electron chi connectivity index (χ0n) is 11.2. The highest BCUT2D eigenvalue weighted by atomic mass is 16.6. The van der Waals surface area contributed by atoms with Crippen LogP contribution in [0.25, 0.3) is 0 Å². The van der Waals surface area contributed by atoms with Gasteiger partial charge < -0.3 is 9.84 Å². The Balaban J connectivity index is 4.34. The van der Waals surface area contributed by atoms with Crippen molar-refractivity contribution in [3.05, 3.63) is 0 Å². The van der Waals surface area contributed by atoms with E-state index in [1.165, 1.54) is 0 Å². The van der Waals surface area contributed by atoms with Crippen LogP contribution >= 0.6 is 0 Å². The first-order chi connectivity index (χ1) is 7.43. The van der Waals surface area contributed by atoms with E-state index in [4.69, 9.17) is 9.84 Å². The Morgan fingerprint density at radius 2 is 1.59 bits per heavy atom. The summed E-state index contributed by atoms with van der Waals surface area (Å²) < 4.78 is 4.98. The van der Waals surface area contributed by atoms with E-state index in [0.29, 0.717) is 0 Å². The zero-order chi connectivity index (χ0) is 13.9. The number of aliphatic carboxylic acids is 1. The van der Waals surface area contributed by atoms with Crippen molar-refractivity contribution in [2.75, 3.05) is 0 Å². The van der Waals surface area contributed by atoms with E-state index in [1.807, 2.05) is 0 Å². The summed E-state index contributed by atoms with van der Waals surface area (Å²) in [5.41, 5.74) is 3.55. The minimum atomic E-state index is -1.03. The first-order valence-corrected chi connectivity index (χ1v) is 5.41. The quantitative estimate of drug-likeness (QED) is 0.657. The Kier molecular flexibility index (Phi) is 4.94. The summed E-state index contributed by atoms with van der Waals surface area (Å²) in [6.07, 6.45) is -0.701. The van der Waals surface area contributed by atoms with Gasteiger partial charge in [-0.2, -0.15) is 0 Å². The van der Waals surface area contributed by atoms with Gasteiger partial charge >= 0.3 is 12.1 Å². The van der Waals surface area contributed by atoms with Crippen molar-refractivity contribution in [1.29, 1.82) is 0 Å². The van der Waals surface area contributed by atoms with E-state index < -0.39 is 29.1 Å². The lowest BCUT2D eigenvalue weighted by Gasteiger charge is -2.28. The number of hydrogen-bond donors (Lipinski definition) is 3. The van der Waals surface area contributed by atoms with Crippen LogP contribution in [0.15, 0.2) is 0 Å². The Hall–Kier alpha value is -1.30. The summed E-state index contributed by atoms with van der Waals surface area (Å²) in [5.74, 6) is -1.03. The highest BCUT2D eigenvalue weighted by Crippen LogP contribution is 2.18. The van der Waals surface area contributed by atoms with Crippen molar-refractivity contribution in [3.8, 4) is 0 Å². The maximum atomic E-state index is 11.3. The molecule has 0 saturated carbocycles. The van der Waals surface area contributed by atoms with E-state index in [2.05, 4.69) is 10.9 Å². The molecule has 1 atom stereocenters. The molecule has 6 nitrogen and oxygen atoms in total. The molecule has 0 aromatic carbocycles. The van der Waals surface area contributed by atoms with Gasteiger partial charge in [-0.05, 0) is 26.2 Å². The molecule has 100 valence electrons. The number of nitrogens with one attached hydrogen (secondary N) is 2. The van der Waals surface area contributed by atoms with Crippen molar-refractivity contribution in [2.45, 2.75) is 53.2 Å². The Morgan fingerprint density at radius 3 is 1.88 bits per heavy atom. The first kappa shape index (κ1) is 15.7. The Labute approximate surface area is 102 Å². The average molecular weight is 246 g/mol. The number of carboxylic acid groups (broad SMARTS) is 1. The lowest BCUT2D eigenvalue weighted by atomic mass is 9.87. The van der Waals surface area contributed by atoms with Crippen LogP contribution in [0, 0.1) is 5.41 Å². The lowest BCUT2D eigenvalue weighted by molar-refractivity contribution is -0.142. The number of amides is 1. The molecule has 1 unspecified atom stereocenters. The molecule has 6 heteroatoms. The van der Waals surface area contributed by atoms with Gasteiger partial charge in [0.25, 0.3) is 0 Å². The summed E-state index contributed by atoms with van der Waals surface area (Å²) in [6.45, 7) is 10.5. The fourth-order valence-corrected chi connectivity index (χ4v) is 1.08. The molecule has 0 aliphatic heterocycles. The molecule has 3 N–H and O–H groups in total. The van der Waals surface area contributed by atoms with E-state index in [-0.39, 0.29) is 0 Å². The Morgan fingerprint density at radius 1 is 1.12 bits per heavy atom. The maximum absolute atomic E-state index is 11.3. The second-order valence-corrected chi connectivity index (χ2v) is 5.91. The SMILES string of the molecule is CC(C)(C)OC(=O)NNC(C(=O)O)C(C)(C)C. The largest absolute Gasteiger partial charge is 0.480 e. The van der Waals surface area contributed by atoms with Gasteiger partial charge in [0, 0.05) is 0 Å². The van der Waals surface area contributed by atoms with Crippen molar-refractivity contribution >= 4 is 12.1 Å². The zero-order valence-corrected chi connectivity index (χ0v) is 11.2. The smallest absolute Gasteiger partial charge is 0.422 e. The van der Waals surface area contributed by atoms with E-state index >= 15 is 0 Å². The molecule has 1 amide bonds. The molecule has 0 saturated heterocycles. The molecule has 0 spiro atoms. The molecule has 0 heterocycles. The van der Waals surface area contributed by atoms with Gasteiger partial charge in [-0.3, -0.25) is 10.2 Å². The average Bonchev–Trinajstić information content (AvgIpc) is 1.96. The Bertz CT molecular complexity index is 289. The molecule has 0 radical (unpaired) electrons. The molecule has 0 fully saturated rings. The molecular weight excluding hydrogens is 224 g/mol. The van der Waals surface area contributed by atoms with Crippen molar-refractivity contribution in [2.24, 2.45) is 5.41 Å². The fourth-order valence-electron chi connectivity index (χ4n) is 1.08. The van der Waals surface area contributed by atoms with Crippen LogP contribution in [0.3, 0.4) is 0 Å². The highest BCUT2D eigenvalue weighted by Gasteiger charge is 2.31. The van der Waals surface area contributed by atoms with Crippen LogP contribution in [0.5, 0.6) is 0 Å². The molecular formula is C11H22N2O4. The van der Waals surface area contributed by atoms with Crippen LogP contribution in [-0.4, -0.2) is 28.8 Å². The molecule has 0 aromatic rings. The van der Waals surface area contributed by atoms with Gasteiger partial charge in [0.15, 0.2) is 0 Å². The third-order valence-electron chi connectivity index (χ3n) is 1.83. The summed E-state index contributed by atoms with van der Waals surface area (Å²) in [4.78, 5) is 22.3. The summed E-state index contributed by atoms with van der Waals surface area (Å²) in [6, 6.07) is -0.894. The second kappa shape index (κ2) is 5.35. The number of carbonyl (C=O) groups excluding carboxylic acids is 1. The van der Waals surface area contributed by atoms with Gasteiger partial charge in [0.1, 0.15) is 11.6 Å². The van der Waals surface area contributed by atoms with Crippen molar-refractivity contribution in [1.82, 2.24) is 10.9 Å². The molecule has 0 aliphatic carbocycles. The summed E-state index contributed by atoms with van der Waals surface area (Å²) >= 11 is 0. The highest BCUT2D eigenvalue weighted by molar-refractivity contribution is 5.75. The number of ether oxygens (including phenoxy) is 1. The first-order valence-electron chi connectivity index (χ1n) is 5.41.